The number of fused-ring (bicyclic) bond motifs is 1. The van der Waals surface area contributed by atoms with E-state index in [9.17, 15) is 12.8 Å². The Morgan fingerprint density at radius 1 is 1.17 bits per heavy atom. The van der Waals surface area contributed by atoms with Gasteiger partial charge >= 0.3 is 0 Å². The summed E-state index contributed by atoms with van der Waals surface area (Å²) in [5.74, 6) is 0.891. The lowest BCUT2D eigenvalue weighted by Gasteiger charge is -2.13. The molecule has 5 rings (SSSR count). The molecule has 0 amide bonds. The minimum Gasteiger partial charge on any atom is -0.455 e. The number of rotatable bonds is 10. The van der Waals surface area contributed by atoms with E-state index in [1.165, 1.54) is 12.1 Å². The zero-order chi connectivity index (χ0) is 24.6. The van der Waals surface area contributed by atoms with Gasteiger partial charge in [0.05, 0.1) is 17.0 Å². The van der Waals surface area contributed by atoms with Crippen LogP contribution in [0.25, 0.3) is 22.3 Å². The normalized spacial score (nSPS) is 17.8. The van der Waals surface area contributed by atoms with Crippen LogP contribution < -0.4 is 10.0 Å². The average molecular weight is 502 g/mol. The maximum Gasteiger partial charge on any atom is 0.232 e. The lowest BCUT2D eigenvalue weighted by Crippen LogP contribution is -2.27. The van der Waals surface area contributed by atoms with E-state index in [0.29, 0.717) is 53.3 Å². The number of anilines is 1. The van der Waals surface area contributed by atoms with Crippen molar-refractivity contribution < 1.29 is 27.2 Å². The van der Waals surface area contributed by atoms with Crippen molar-refractivity contribution in [3.05, 3.63) is 53.3 Å². The maximum atomic E-state index is 13.6. The SMILES string of the molecule is CC1NC(c2c(-c3ccc(F)cc3)oc3cc(NS(=O)(=O)CCCCCO)c(C4CC4)cc23)=NO1. The van der Waals surface area contributed by atoms with Gasteiger partial charge in [0, 0.05) is 23.6 Å². The number of amidine groups is 1. The van der Waals surface area contributed by atoms with E-state index in [0.717, 1.165) is 23.8 Å². The van der Waals surface area contributed by atoms with Gasteiger partial charge in [-0.2, -0.15) is 0 Å². The van der Waals surface area contributed by atoms with E-state index in [4.69, 9.17) is 14.4 Å². The number of hydrogen-bond donors (Lipinski definition) is 3. The van der Waals surface area contributed by atoms with Gasteiger partial charge in [-0.15, -0.1) is 0 Å². The Kier molecular flexibility index (Phi) is 6.41. The molecule has 3 aromatic rings. The molecule has 0 saturated heterocycles. The van der Waals surface area contributed by atoms with E-state index in [2.05, 4.69) is 15.2 Å². The molecule has 186 valence electrons. The summed E-state index contributed by atoms with van der Waals surface area (Å²) in [4.78, 5) is 5.35. The Morgan fingerprint density at radius 3 is 2.60 bits per heavy atom. The number of aliphatic hydroxyl groups is 1. The fourth-order valence-electron chi connectivity index (χ4n) is 4.31. The summed E-state index contributed by atoms with van der Waals surface area (Å²) in [6.45, 7) is 1.89. The van der Waals surface area contributed by atoms with E-state index in [1.54, 1.807) is 18.2 Å². The first-order chi connectivity index (χ1) is 16.8. The third-order valence-corrected chi connectivity index (χ3v) is 7.56. The molecule has 1 aromatic heterocycles. The molecule has 2 heterocycles. The van der Waals surface area contributed by atoms with Gasteiger partial charge in [0.1, 0.15) is 17.2 Å². The molecule has 8 nitrogen and oxygen atoms in total. The molecular weight excluding hydrogens is 473 g/mol. The number of nitrogens with zero attached hydrogens (tertiary/aromatic N) is 1. The average Bonchev–Trinajstić information content (AvgIpc) is 3.48. The van der Waals surface area contributed by atoms with Crippen LogP contribution in [0.1, 0.15) is 56.1 Å². The maximum absolute atomic E-state index is 13.6. The van der Waals surface area contributed by atoms with Crippen molar-refractivity contribution >= 4 is 32.5 Å². The number of halogens is 1. The minimum atomic E-state index is -3.57. The van der Waals surface area contributed by atoms with Crippen LogP contribution in [0, 0.1) is 5.82 Å². The summed E-state index contributed by atoms with van der Waals surface area (Å²) in [6, 6.07) is 9.69. The van der Waals surface area contributed by atoms with Crippen molar-refractivity contribution in [1.29, 1.82) is 0 Å². The molecule has 1 atom stereocenters. The first-order valence-electron chi connectivity index (χ1n) is 11.8. The number of nitrogens with one attached hydrogen (secondary N) is 2. The number of furan rings is 1. The molecule has 1 aliphatic heterocycles. The molecule has 10 heteroatoms. The van der Waals surface area contributed by atoms with Gasteiger partial charge in [0.15, 0.2) is 12.1 Å². The van der Waals surface area contributed by atoms with Gasteiger partial charge in [-0.25, -0.2) is 12.8 Å². The summed E-state index contributed by atoms with van der Waals surface area (Å²) >= 11 is 0. The van der Waals surface area contributed by atoms with E-state index in [-0.39, 0.29) is 30.3 Å². The van der Waals surface area contributed by atoms with E-state index >= 15 is 0 Å². The lowest BCUT2D eigenvalue weighted by molar-refractivity contribution is 0.0874. The smallest absolute Gasteiger partial charge is 0.232 e. The molecule has 0 radical (unpaired) electrons. The second-order valence-corrected chi connectivity index (χ2v) is 10.9. The van der Waals surface area contributed by atoms with Gasteiger partial charge < -0.3 is 19.7 Å². The molecule has 0 spiro atoms. The summed E-state index contributed by atoms with van der Waals surface area (Å²) < 4.78 is 48.1. The van der Waals surface area contributed by atoms with Crippen LogP contribution in [0.5, 0.6) is 0 Å². The Morgan fingerprint density at radius 2 is 1.94 bits per heavy atom. The predicted octanol–water partition coefficient (Wildman–Crippen LogP) is 4.65. The summed E-state index contributed by atoms with van der Waals surface area (Å²) in [7, 11) is -3.57. The minimum absolute atomic E-state index is 0.0185. The summed E-state index contributed by atoms with van der Waals surface area (Å²) in [5.41, 5.74) is 3.28. The van der Waals surface area contributed by atoms with Gasteiger partial charge in [-0.05, 0) is 74.4 Å². The van der Waals surface area contributed by atoms with Gasteiger partial charge in [0.2, 0.25) is 10.0 Å². The fraction of sp³-hybridized carbons (Fsp3) is 0.400. The molecule has 0 bridgehead atoms. The Bertz CT molecular complexity index is 1360. The van der Waals surface area contributed by atoms with Crippen molar-refractivity contribution in [1.82, 2.24) is 5.32 Å². The molecule has 2 aromatic carbocycles. The Labute approximate surface area is 203 Å². The van der Waals surface area contributed by atoms with Crippen molar-refractivity contribution in [2.75, 3.05) is 17.1 Å². The number of aliphatic hydroxyl groups excluding tert-OH is 1. The second-order valence-electron chi connectivity index (χ2n) is 9.06. The molecule has 1 saturated carbocycles. The first kappa shape index (κ1) is 23.6. The summed E-state index contributed by atoms with van der Waals surface area (Å²) in [6.07, 6.45) is 3.35. The van der Waals surface area contributed by atoms with Crippen LogP contribution in [-0.4, -0.2) is 37.9 Å². The summed E-state index contributed by atoms with van der Waals surface area (Å²) in [5, 5.41) is 17.1. The van der Waals surface area contributed by atoms with Crippen molar-refractivity contribution in [2.24, 2.45) is 5.16 Å². The molecule has 2 aliphatic rings. The van der Waals surface area contributed by atoms with Crippen molar-refractivity contribution in [2.45, 2.75) is 51.2 Å². The quantitative estimate of drug-likeness (QED) is 0.349. The van der Waals surface area contributed by atoms with Crippen LogP contribution in [0.2, 0.25) is 0 Å². The highest BCUT2D eigenvalue weighted by Crippen LogP contribution is 2.47. The highest BCUT2D eigenvalue weighted by molar-refractivity contribution is 7.92. The Hall–Kier alpha value is -3.11. The largest absolute Gasteiger partial charge is 0.455 e. The predicted molar refractivity (Wildman–Crippen MR) is 132 cm³/mol. The van der Waals surface area contributed by atoms with Crippen LogP contribution in [0.3, 0.4) is 0 Å². The number of sulfonamides is 1. The zero-order valence-electron chi connectivity index (χ0n) is 19.4. The first-order valence-corrected chi connectivity index (χ1v) is 13.5. The second kappa shape index (κ2) is 9.50. The van der Waals surface area contributed by atoms with Crippen LogP contribution >= 0.6 is 0 Å². The fourth-order valence-corrected chi connectivity index (χ4v) is 5.51. The standard InChI is InChI=1S/C25H28FN3O5S/c1-15-27-25(28-34-15)23-20-13-19(16-5-6-16)21(29-35(31,32)12-4-2-3-11-30)14-22(20)33-24(23)17-7-9-18(26)10-8-17/h7-10,13-16,29-30H,2-6,11-12H2,1H3,(H,27,28). The molecule has 3 N–H and O–H groups in total. The van der Waals surface area contributed by atoms with Crippen LogP contribution in [0.15, 0.2) is 46.0 Å². The highest BCUT2D eigenvalue weighted by Gasteiger charge is 2.31. The molecule has 1 unspecified atom stereocenters. The van der Waals surface area contributed by atoms with Gasteiger partial charge in [-0.3, -0.25) is 4.72 Å². The lowest BCUT2D eigenvalue weighted by atomic mass is 10.0. The van der Waals surface area contributed by atoms with Crippen LogP contribution in [0.4, 0.5) is 10.1 Å². The van der Waals surface area contributed by atoms with Crippen molar-refractivity contribution in [3.63, 3.8) is 0 Å². The molecular formula is C25H28FN3O5S. The van der Waals surface area contributed by atoms with E-state index < -0.39 is 10.0 Å². The highest BCUT2D eigenvalue weighted by atomic mass is 32.2. The monoisotopic (exact) mass is 501 g/mol. The number of oxime groups is 1. The van der Waals surface area contributed by atoms with Crippen LogP contribution in [-0.2, 0) is 14.9 Å². The third kappa shape index (κ3) is 5.13. The number of hydrogen-bond acceptors (Lipinski definition) is 7. The third-order valence-electron chi connectivity index (χ3n) is 6.20. The molecule has 35 heavy (non-hydrogen) atoms. The van der Waals surface area contributed by atoms with E-state index in [1.807, 2.05) is 13.0 Å². The number of unbranched alkanes of at least 4 members (excludes halogenated alkanes) is 2. The topological polar surface area (TPSA) is 113 Å². The number of benzene rings is 2. The Balaban J connectivity index is 1.58. The van der Waals surface area contributed by atoms with Gasteiger partial charge in [-0.1, -0.05) is 11.6 Å². The zero-order valence-corrected chi connectivity index (χ0v) is 20.2. The molecule has 1 aliphatic carbocycles. The van der Waals surface area contributed by atoms with Gasteiger partial charge in [0.25, 0.3) is 0 Å². The molecule has 1 fully saturated rings. The van der Waals surface area contributed by atoms with Crippen molar-refractivity contribution in [3.8, 4) is 11.3 Å².